The van der Waals surface area contributed by atoms with E-state index in [4.69, 9.17) is 4.42 Å². The zero-order chi connectivity index (χ0) is 50.6. The van der Waals surface area contributed by atoms with Gasteiger partial charge in [-0.3, -0.25) is 0 Å². The molecule has 2 nitrogen and oxygen atoms in total. The van der Waals surface area contributed by atoms with Crippen molar-refractivity contribution in [2.45, 2.75) is 10.8 Å². The Morgan fingerprint density at radius 3 is 1.28 bits per heavy atom. The second-order valence-electron chi connectivity index (χ2n) is 18.8. The lowest BCUT2D eigenvalue weighted by Crippen LogP contribution is -2.32. The number of hydrogen-bond acceptors (Lipinski definition) is 2. The Labute approximate surface area is 422 Å². The molecule has 0 N–H and O–H groups in total. The molecule has 0 bridgehead atoms. The molecule has 1 heterocycles. The lowest BCUT2D eigenvalue weighted by atomic mass is 9.67. The van der Waals surface area contributed by atoms with Gasteiger partial charge in [0.2, 0.25) is 0 Å². The van der Waals surface area contributed by atoms with Crippen LogP contribution in [0.15, 0.2) is 218 Å². The summed E-state index contributed by atoms with van der Waals surface area (Å²) in [5.74, 6) is -6.38. The molecule has 11 aromatic rings. The van der Waals surface area contributed by atoms with Crippen LogP contribution in [0.3, 0.4) is 0 Å². The molecule has 0 saturated heterocycles. The van der Waals surface area contributed by atoms with Crippen LogP contribution in [0.4, 0.5) is 43.4 Å². The standard InChI is InChI=1S/C66H39F6NO/c1-3-38-20-24-40(25-21-38)65(62-56(69)32-42(67)33-57(62)70)52-16-8-5-12-46(52)48-30-28-44(36-54(48)65)73(60-18-11-15-51-50-14-7-10-19-61(50)74-64(51)60)45-29-31-49-47-13-6-9-17-53(47)66(55(49)37-45,41-26-22-39(4-2)23-27-41)63-58(71)34-43(68)35-59(63)72/h3-37H,1-2H2. The van der Waals surface area contributed by atoms with Crippen LogP contribution in [0.2, 0.25) is 0 Å². The van der Waals surface area contributed by atoms with Crippen molar-refractivity contribution < 1.29 is 30.8 Å². The summed E-state index contributed by atoms with van der Waals surface area (Å²) in [5.41, 5.74) is 6.32. The zero-order valence-electron chi connectivity index (χ0n) is 39.2. The molecule has 2 atom stereocenters. The molecule has 8 heteroatoms. The fourth-order valence-electron chi connectivity index (χ4n) is 12.1. The highest BCUT2D eigenvalue weighted by Gasteiger charge is 2.51. The first-order valence-corrected chi connectivity index (χ1v) is 24.0. The molecule has 2 aliphatic carbocycles. The molecule has 0 spiro atoms. The van der Waals surface area contributed by atoms with Crippen molar-refractivity contribution in [3.8, 4) is 22.3 Å². The van der Waals surface area contributed by atoms with Crippen molar-refractivity contribution in [3.05, 3.63) is 304 Å². The second-order valence-corrected chi connectivity index (χ2v) is 18.8. The first-order chi connectivity index (χ1) is 36.1. The predicted octanol–water partition coefficient (Wildman–Crippen LogP) is 17.9. The van der Waals surface area contributed by atoms with E-state index in [0.717, 1.165) is 33.0 Å². The van der Waals surface area contributed by atoms with Crippen molar-refractivity contribution in [1.29, 1.82) is 0 Å². The van der Waals surface area contributed by atoms with E-state index < -0.39 is 45.7 Å². The molecular formula is C66H39F6NO. The molecule has 0 fully saturated rings. The number of rotatable bonds is 9. The summed E-state index contributed by atoms with van der Waals surface area (Å²) in [6, 6.07) is 57.3. The normalized spacial score (nSPS) is 16.2. The van der Waals surface area contributed by atoms with E-state index in [1.165, 1.54) is 0 Å². The summed E-state index contributed by atoms with van der Waals surface area (Å²) in [4.78, 5) is 1.98. The van der Waals surface area contributed by atoms with E-state index in [0.29, 0.717) is 97.0 Å². The summed E-state index contributed by atoms with van der Waals surface area (Å²) in [6.07, 6.45) is 3.36. The van der Waals surface area contributed by atoms with Crippen LogP contribution >= 0.6 is 0 Å². The van der Waals surface area contributed by atoms with Gasteiger partial charge < -0.3 is 9.32 Å². The van der Waals surface area contributed by atoms with Crippen molar-refractivity contribution in [1.82, 2.24) is 0 Å². The first kappa shape index (κ1) is 44.8. The Morgan fingerprint density at radius 1 is 0.392 bits per heavy atom. The van der Waals surface area contributed by atoms with Gasteiger partial charge in [0.15, 0.2) is 5.58 Å². The summed E-state index contributed by atoms with van der Waals surface area (Å²) in [6.45, 7) is 7.86. The van der Waals surface area contributed by atoms with Gasteiger partial charge in [-0.05, 0) is 103 Å². The van der Waals surface area contributed by atoms with Crippen LogP contribution in [0.5, 0.6) is 0 Å². The Balaban J connectivity index is 1.15. The summed E-state index contributed by atoms with van der Waals surface area (Å²) in [7, 11) is 0. The number of furan rings is 1. The molecule has 0 aliphatic heterocycles. The smallest absolute Gasteiger partial charge is 0.159 e. The molecule has 10 aromatic carbocycles. The van der Waals surface area contributed by atoms with Crippen LogP contribution in [0.1, 0.15) is 55.6 Å². The third kappa shape index (κ3) is 6.27. The van der Waals surface area contributed by atoms with Crippen LogP contribution < -0.4 is 4.90 Å². The quantitative estimate of drug-likeness (QED) is 0.134. The van der Waals surface area contributed by atoms with E-state index in [-0.39, 0.29) is 11.1 Å². The number of fused-ring (bicyclic) bond motifs is 9. The van der Waals surface area contributed by atoms with E-state index in [9.17, 15) is 0 Å². The Kier molecular flexibility index (Phi) is 10.1. The average molecular weight is 976 g/mol. The number of benzene rings is 10. The first-order valence-electron chi connectivity index (χ1n) is 24.0. The SMILES string of the molecule is C=Cc1ccc(C2(c3c(F)cc(F)cc3F)c3ccccc3-c3ccc(N(c4ccc5c(c4)C(c4ccc(C=C)cc4)(c4c(F)cc(F)cc4F)c4ccccc4-5)c4cccc5c4oc4ccccc45)cc32)cc1. The molecular weight excluding hydrogens is 937 g/mol. The number of hydrogen-bond donors (Lipinski definition) is 0. The van der Waals surface area contributed by atoms with E-state index in [1.807, 2.05) is 181 Å². The van der Waals surface area contributed by atoms with E-state index in [1.54, 1.807) is 12.2 Å². The van der Waals surface area contributed by atoms with Crippen LogP contribution in [0, 0.1) is 34.9 Å². The highest BCUT2D eigenvalue weighted by Crippen LogP contribution is 2.61. The van der Waals surface area contributed by atoms with Gasteiger partial charge in [0.1, 0.15) is 40.5 Å². The minimum Gasteiger partial charge on any atom is -0.454 e. The van der Waals surface area contributed by atoms with Gasteiger partial charge in [0.05, 0.1) is 16.5 Å². The molecule has 0 radical (unpaired) electrons. The van der Waals surface area contributed by atoms with Gasteiger partial charge in [-0.2, -0.15) is 0 Å². The molecule has 1 aromatic heterocycles. The second kappa shape index (κ2) is 16.7. The summed E-state index contributed by atoms with van der Waals surface area (Å²) < 4.78 is 105. The zero-order valence-corrected chi connectivity index (χ0v) is 39.2. The maximum atomic E-state index is 17.0. The highest BCUT2D eigenvalue weighted by atomic mass is 19.2. The van der Waals surface area contributed by atoms with Crippen molar-refractivity contribution in [2.24, 2.45) is 0 Å². The van der Waals surface area contributed by atoms with Gasteiger partial charge in [0.25, 0.3) is 0 Å². The third-order valence-electron chi connectivity index (χ3n) is 15.1. The summed E-state index contributed by atoms with van der Waals surface area (Å²) >= 11 is 0. The Morgan fingerprint density at radius 2 is 0.811 bits per heavy atom. The van der Waals surface area contributed by atoms with Gasteiger partial charge in [0, 0.05) is 57.5 Å². The minimum absolute atomic E-state index is 0.356. The lowest BCUT2D eigenvalue weighted by molar-refractivity contribution is 0.502. The topological polar surface area (TPSA) is 16.4 Å². The third-order valence-corrected chi connectivity index (χ3v) is 15.1. The van der Waals surface area contributed by atoms with Gasteiger partial charge in [-0.25, -0.2) is 26.3 Å². The van der Waals surface area contributed by atoms with Crippen molar-refractivity contribution in [2.75, 3.05) is 4.90 Å². The van der Waals surface area contributed by atoms with Gasteiger partial charge in [-0.1, -0.05) is 165 Å². The number of anilines is 3. The van der Waals surface area contributed by atoms with Gasteiger partial charge >= 0.3 is 0 Å². The van der Waals surface area contributed by atoms with Crippen LogP contribution in [-0.2, 0) is 10.8 Å². The summed E-state index contributed by atoms with van der Waals surface area (Å²) in [5, 5.41) is 1.68. The van der Waals surface area contributed by atoms with Crippen LogP contribution in [-0.4, -0.2) is 0 Å². The molecule has 2 aliphatic rings. The fourth-order valence-corrected chi connectivity index (χ4v) is 12.1. The Bertz CT molecular complexity index is 3900. The largest absolute Gasteiger partial charge is 0.454 e. The van der Waals surface area contributed by atoms with Crippen molar-refractivity contribution in [3.63, 3.8) is 0 Å². The average Bonchev–Trinajstić information content (AvgIpc) is 4.07. The maximum Gasteiger partial charge on any atom is 0.159 e. The molecule has 0 amide bonds. The molecule has 74 heavy (non-hydrogen) atoms. The fraction of sp³-hybridized carbons (Fsp3) is 0.0303. The number of halogens is 6. The Hall–Kier alpha value is -9.14. The minimum atomic E-state index is -1.68. The van der Waals surface area contributed by atoms with Crippen LogP contribution in [0.25, 0.3) is 56.3 Å². The molecule has 13 rings (SSSR count). The highest BCUT2D eigenvalue weighted by molar-refractivity contribution is 6.10. The number of nitrogens with zero attached hydrogens (tertiary/aromatic N) is 1. The maximum absolute atomic E-state index is 17.0. The lowest BCUT2D eigenvalue weighted by Gasteiger charge is -2.36. The van der Waals surface area contributed by atoms with E-state index in [2.05, 4.69) is 13.2 Å². The van der Waals surface area contributed by atoms with Gasteiger partial charge in [-0.15, -0.1) is 0 Å². The molecule has 356 valence electrons. The van der Waals surface area contributed by atoms with Crippen molar-refractivity contribution >= 4 is 51.2 Å². The van der Waals surface area contributed by atoms with E-state index >= 15 is 26.3 Å². The number of para-hydroxylation sites is 2. The monoisotopic (exact) mass is 975 g/mol. The molecule has 0 saturated carbocycles. The predicted molar refractivity (Wildman–Crippen MR) is 283 cm³/mol. The molecule has 2 unspecified atom stereocenters.